The van der Waals surface area contributed by atoms with Gasteiger partial charge in [0.1, 0.15) is 0 Å². The molecule has 0 aromatic heterocycles. The highest BCUT2D eigenvalue weighted by Gasteiger charge is 2.06. The van der Waals surface area contributed by atoms with Gasteiger partial charge in [-0.05, 0) is 49.1 Å². The molecule has 2 nitrogen and oxygen atoms in total. The molecule has 0 amide bonds. The van der Waals surface area contributed by atoms with E-state index in [1.807, 2.05) is 30.3 Å². The quantitative estimate of drug-likeness (QED) is 0.850. The molecule has 0 spiro atoms. The number of anilines is 1. The Hall–Kier alpha value is -1.80. The third-order valence-electron chi connectivity index (χ3n) is 3.15. The number of nitrogens with one attached hydrogen (secondary N) is 1. The minimum atomic E-state index is -0.403. The van der Waals surface area contributed by atoms with Crippen LogP contribution in [-0.2, 0) is 0 Å². The van der Waals surface area contributed by atoms with Gasteiger partial charge in [0.15, 0.2) is 0 Å². The van der Waals surface area contributed by atoms with Crippen LogP contribution in [0.3, 0.4) is 0 Å². The van der Waals surface area contributed by atoms with Crippen LogP contribution in [0.25, 0.3) is 0 Å². The van der Waals surface area contributed by atoms with Crippen LogP contribution in [-0.4, -0.2) is 11.7 Å². The molecule has 0 unspecified atom stereocenters. The average molecular weight is 255 g/mol. The lowest BCUT2D eigenvalue weighted by Gasteiger charge is -2.13. The highest BCUT2D eigenvalue weighted by atomic mass is 16.3. The van der Waals surface area contributed by atoms with E-state index >= 15 is 0 Å². The van der Waals surface area contributed by atoms with Crippen LogP contribution >= 0.6 is 0 Å². The molecule has 100 valence electrons. The van der Waals surface area contributed by atoms with Crippen molar-refractivity contribution in [3.63, 3.8) is 0 Å². The van der Waals surface area contributed by atoms with E-state index in [-0.39, 0.29) is 0 Å². The molecular formula is C17H21NO. The van der Waals surface area contributed by atoms with Gasteiger partial charge in [0.05, 0.1) is 6.10 Å². The monoisotopic (exact) mass is 255 g/mol. The van der Waals surface area contributed by atoms with E-state index in [4.69, 9.17) is 0 Å². The molecule has 0 bridgehead atoms. The summed E-state index contributed by atoms with van der Waals surface area (Å²) in [5, 5.41) is 13.4. The van der Waals surface area contributed by atoms with E-state index < -0.39 is 6.10 Å². The van der Waals surface area contributed by atoms with E-state index in [2.05, 4.69) is 37.4 Å². The van der Waals surface area contributed by atoms with E-state index in [1.165, 1.54) is 11.1 Å². The lowest BCUT2D eigenvalue weighted by molar-refractivity contribution is 0.171. The maximum Gasteiger partial charge on any atom is 0.0806 e. The SMILES string of the molecule is Cc1cc(C)cc(NCC[C@@H](O)c2ccccc2)c1. The Kier molecular flexibility index (Phi) is 4.58. The standard InChI is InChI=1S/C17H21NO/c1-13-10-14(2)12-16(11-13)18-9-8-17(19)15-6-4-3-5-7-15/h3-7,10-12,17-19H,8-9H2,1-2H3/t17-/m1/s1. The predicted molar refractivity (Wildman–Crippen MR) is 80.4 cm³/mol. The Balaban J connectivity index is 1.86. The molecule has 2 aromatic carbocycles. The summed E-state index contributed by atoms with van der Waals surface area (Å²) in [6, 6.07) is 16.2. The largest absolute Gasteiger partial charge is 0.388 e. The van der Waals surface area contributed by atoms with E-state index in [9.17, 15) is 5.11 Å². The van der Waals surface area contributed by atoms with Crippen LogP contribution in [0.15, 0.2) is 48.5 Å². The molecule has 19 heavy (non-hydrogen) atoms. The summed E-state index contributed by atoms with van der Waals surface area (Å²) in [5.41, 5.74) is 4.61. The zero-order valence-corrected chi connectivity index (χ0v) is 11.6. The summed E-state index contributed by atoms with van der Waals surface area (Å²) in [5.74, 6) is 0. The van der Waals surface area contributed by atoms with Gasteiger partial charge in [-0.1, -0.05) is 36.4 Å². The molecule has 2 rings (SSSR count). The van der Waals surface area contributed by atoms with Gasteiger partial charge >= 0.3 is 0 Å². The zero-order valence-electron chi connectivity index (χ0n) is 11.6. The van der Waals surface area contributed by atoms with Crippen molar-refractivity contribution < 1.29 is 5.11 Å². The number of aliphatic hydroxyl groups is 1. The number of aryl methyl sites for hydroxylation is 2. The molecule has 1 atom stereocenters. The topological polar surface area (TPSA) is 32.3 Å². The molecule has 0 saturated carbocycles. The molecule has 0 aliphatic rings. The van der Waals surface area contributed by atoms with Crippen LogP contribution in [0, 0.1) is 13.8 Å². The summed E-state index contributed by atoms with van der Waals surface area (Å²) < 4.78 is 0. The van der Waals surface area contributed by atoms with Crippen molar-refractivity contribution in [2.75, 3.05) is 11.9 Å². The summed E-state index contributed by atoms with van der Waals surface area (Å²) in [6.07, 6.45) is 0.302. The Morgan fingerprint density at radius 2 is 1.63 bits per heavy atom. The van der Waals surface area contributed by atoms with Gasteiger partial charge in [-0.3, -0.25) is 0 Å². The summed E-state index contributed by atoms with van der Waals surface area (Å²) in [7, 11) is 0. The Labute approximate surface area is 115 Å². The first-order valence-corrected chi connectivity index (χ1v) is 6.70. The maximum atomic E-state index is 10.1. The van der Waals surface area contributed by atoms with Crippen molar-refractivity contribution in [3.05, 3.63) is 65.2 Å². The van der Waals surface area contributed by atoms with Gasteiger partial charge in [0.2, 0.25) is 0 Å². The zero-order chi connectivity index (χ0) is 13.7. The van der Waals surface area contributed by atoms with Crippen LogP contribution in [0.2, 0.25) is 0 Å². The average Bonchev–Trinajstić information content (AvgIpc) is 2.38. The third-order valence-corrected chi connectivity index (χ3v) is 3.15. The van der Waals surface area contributed by atoms with E-state index in [0.717, 1.165) is 17.8 Å². The Bertz CT molecular complexity index is 502. The molecule has 2 N–H and O–H groups in total. The normalized spacial score (nSPS) is 12.2. The lowest BCUT2D eigenvalue weighted by atomic mass is 10.1. The highest BCUT2D eigenvalue weighted by molar-refractivity contribution is 5.48. The lowest BCUT2D eigenvalue weighted by Crippen LogP contribution is -2.07. The van der Waals surface area contributed by atoms with Crippen LogP contribution < -0.4 is 5.32 Å². The van der Waals surface area contributed by atoms with Crippen LogP contribution in [0.4, 0.5) is 5.69 Å². The smallest absolute Gasteiger partial charge is 0.0806 e. The van der Waals surface area contributed by atoms with Gasteiger partial charge in [0.25, 0.3) is 0 Å². The number of hydrogen-bond donors (Lipinski definition) is 2. The minimum Gasteiger partial charge on any atom is -0.388 e. The second kappa shape index (κ2) is 6.39. The third kappa shape index (κ3) is 4.11. The second-order valence-corrected chi connectivity index (χ2v) is 5.02. The fourth-order valence-electron chi connectivity index (χ4n) is 2.27. The van der Waals surface area contributed by atoms with Crippen molar-refractivity contribution >= 4 is 5.69 Å². The first-order valence-electron chi connectivity index (χ1n) is 6.70. The van der Waals surface area contributed by atoms with Crippen molar-refractivity contribution in [2.24, 2.45) is 0 Å². The summed E-state index contributed by atoms with van der Waals surface area (Å²) in [6.45, 7) is 4.95. The predicted octanol–water partition coefficient (Wildman–Crippen LogP) is 3.84. The molecule has 2 heteroatoms. The van der Waals surface area contributed by atoms with Crippen molar-refractivity contribution in [3.8, 4) is 0 Å². The first-order chi connectivity index (χ1) is 9.15. The molecular weight excluding hydrogens is 234 g/mol. The molecule has 0 radical (unpaired) electrons. The molecule has 0 aliphatic heterocycles. The fraction of sp³-hybridized carbons (Fsp3) is 0.294. The number of benzene rings is 2. The Morgan fingerprint density at radius 3 is 2.26 bits per heavy atom. The first kappa shape index (κ1) is 13.6. The van der Waals surface area contributed by atoms with E-state index in [0.29, 0.717) is 6.42 Å². The molecule has 0 aliphatic carbocycles. The van der Waals surface area contributed by atoms with Crippen molar-refractivity contribution in [2.45, 2.75) is 26.4 Å². The van der Waals surface area contributed by atoms with Gasteiger partial charge in [0, 0.05) is 12.2 Å². The number of rotatable bonds is 5. The highest BCUT2D eigenvalue weighted by Crippen LogP contribution is 2.17. The fourth-order valence-corrected chi connectivity index (χ4v) is 2.27. The summed E-state index contributed by atoms with van der Waals surface area (Å²) >= 11 is 0. The molecule has 0 saturated heterocycles. The number of aliphatic hydroxyl groups excluding tert-OH is 1. The summed E-state index contributed by atoms with van der Waals surface area (Å²) in [4.78, 5) is 0. The van der Waals surface area contributed by atoms with Crippen molar-refractivity contribution in [1.82, 2.24) is 0 Å². The van der Waals surface area contributed by atoms with Gasteiger partial charge in [-0.2, -0.15) is 0 Å². The number of hydrogen-bond acceptors (Lipinski definition) is 2. The van der Waals surface area contributed by atoms with Crippen LogP contribution in [0.1, 0.15) is 29.2 Å². The molecule has 0 fully saturated rings. The van der Waals surface area contributed by atoms with Crippen LogP contribution in [0.5, 0.6) is 0 Å². The molecule has 0 heterocycles. The second-order valence-electron chi connectivity index (χ2n) is 5.02. The van der Waals surface area contributed by atoms with Crippen molar-refractivity contribution in [1.29, 1.82) is 0 Å². The van der Waals surface area contributed by atoms with E-state index in [1.54, 1.807) is 0 Å². The maximum absolute atomic E-state index is 10.1. The minimum absolute atomic E-state index is 0.403. The van der Waals surface area contributed by atoms with Gasteiger partial charge in [-0.15, -0.1) is 0 Å². The van der Waals surface area contributed by atoms with Gasteiger partial charge < -0.3 is 10.4 Å². The van der Waals surface area contributed by atoms with Gasteiger partial charge in [-0.25, -0.2) is 0 Å². The Morgan fingerprint density at radius 1 is 1.00 bits per heavy atom. The molecule has 2 aromatic rings.